The van der Waals surface area contributed by atoms with Crippen LogP contribution in [0.25, 0.3) is 10.8 Å². The van der Waals surface area contributed by atoms with E-state index >= 15 is 0 Å². The van der Waals surface area contributed by atoms with Crippen LogP contribution in [-0.4, -0.2) is 35.0 Å². The van der Waals surface area contributed by atoms with Crippen molar-refractivity contribution in [2.45, 2.75) is 64.6 Å². The van der Waals surface area contributed by atoms with Crippen LogP contribution in [0, 0.1) is 0 Å². The lowest BCUT2D eigenvalue weighted by Gasteiger charge is -2.40. The van der Waals surface area contributed by atoms with E-state index in [9.17, 15) is 9.59 Å². The minimum atomic E-state index is -0.750. The summed E-state index contributed by atoms with van der Waals surface area (Å²) in [7, 11) is 0. The number of fused-ring (bicyclic) bond motifs is 1. The molecular weight excluding hydrogens is 326 g/mol. The summed E-state index contributed by atoms with van der Waals surface area (Å²) in [6.45, 7) is 5.81. The van der Waals surface area contributed by atoms with Crippen molar-refractivity contribution in [3.05, 3.63) is 48.0 Å². The van der Waals surface area contributed by atoms with Gasteiger partial charge in [0.2, 0.25) is 0 Å². The van der Waals surface area contributed by atoms with E-state index in [-0.39, 0.29) is 30.4 Å². The van der Waals surface area contributed by atoms with Gasteiger partial charge in [0.15, 0.2) is 6.10 Å². The topological polar surface area (TPSA) is 46.6 Å². The Bertz CT molecular complexity index is 786. The number of benzene rings is 2. The number of likely N-dealkylation sites (tertiary alicyclic amines) is 1. The summed E-state index contributed by atoms with van der Waals surface area (Å²) in [6.07, 6.45) is 2.57. The quantitative estimate of drug-likeness (QED) is 0.777. The number of amides is 1. The first-order chi connectivity index (χ1) is 12.5. The molecule has 2 aromatic carbocycles. The number of carbonyl (C=O) groups is 2. The van der Waals surface area contributed by atoms with Gasteiger partial charge in [0.05, 0.1) is 6.42 Å². The number of esters is 1. The van der Waals surface area contributed by atoms with E-state index in [0.717, 1.165) is 35.6 Å². The molecule has 1 saturated heterocycles. The molecule has 2 aromatic rings. The van der Waals surface area contributed by atoms with Gasteiger partial charge in [0.25, 0.3) is 5.91 Å². The summed E-state index contributed by atoms with van der Waals surface area (Å²) in [5.74, 6) is -0.449. The van der Waals surface area contributed by atoms with E-state index in [1.165, 1.54) is 0 Å². The molecule has 0 radical (unpaired) electrons. The van der Waals surface area contributed by atoms with Crippen LogP contribution in [0.3, 0.4) is 0 Å². The smallest absolute Gasteiger partial charge is 0.311 e. The first-order valence-electron chi connectivity index (χ1n) is 9.45. The van der Waals surface area contributed by atoms with Crippen LogP contribution in [0.15, 0.2) is 42.5 Å². The maximum absolute atomic E-state index is 12.8. The maximum Gasteiger partial charge on any atom is 0.311 e. The molecule has 3 atom stereocenters. The number of nitrogens with zero attached hydrogens (tertiary/aromatic N) is 1. The van der Waals surface area contributed by atoms with Crippen LogP contribution < -0.4 is 0 Å². The van der Waals surface area contributed by atoms with Gasteiger partial charge in [-0.05, 0) is 56.4 Å². The number of rotatable bonds is 4. The van der Waals surface area contributed by atoms with E-state index in [1.54, 1.807) is 6.92 Å². The first kappa shape index (κ1) is 18.4. The molecule has 0 bridgehead atoms. The molecule has 1 heterocycles. The molecule has 0 aliphatic carbocycles. The summed E-state index contributed by atoms with van der Waals surface area (Å²) in [5.41, 5.74) is 0.924. The van der Waals surface area contributed by atoms with Gasteiger partial charge in [-0.25, -0.2) is 0 Å². The van der Waals surface area contributed by atoms with Gasteiger partial charge in [-0.15, -0.1) is 0 Å². The second kappa shape index (κ2) is 7.90. The fourth-order valence-corrected chi connectivity index (χ4v) is 3.96. The fourth-order valence-electron chi connectivity index (χ4n) is 3.96. The average molecular weight is 353 g/mol. The summed E-state index contributed by atoms with van der Waals surface area (Å²) >= 11 is 0. The van der Waals surface area contributed by atoms with Gasteiger partial charge in [-0.3, -0.25) is 9.59 Å². The van der Waals surface area contributed by atoms with E-state index in [1.807, 2.05) is 47.4 Å². The Hall–Kier alpha value is -2.36. The van der Waals surface area contributed by atoms with E-state index in [4.69, 9.17) is 4.74 Å². The molecule has 1 aliphatic heterocycles. The predicted octanol–water partition coefficient (Wildman–Crippen LogP) is 4.10. The minimum absolute atomic E-state index is 0.0871. The molecule has 0 N–H and O–H groups in total. The highest BCUT2D eigenvalue weighted by molar-refractivity contribution is 5.90. The number of hydrogen-bond donors (Lipinski definition) is 0. The van der Waals surface area contributed by atoms with Crippen molar-refractivity contribution in [3.63, 3.8) is 0 Å². The lowest BCUT2D eigenvalue weighted by Crippen LogP contribution is -2.51. The molecule has 0 spiro atoms. The van der Waals surface area contributed by atoms with Crippen LogP contribution in [0.5, 0.6) is 0 Å². The molecule has 138 valence electrons. The molecule has 4 nitrogen and oxygen atoms in total. The lowest BCUT2D eigenvalue weighted by atomic mass is 9.97. The highest BCUT2D eigenvalue weighted by Gasteiger charge is 2.33. The van der Waals surface area contributed by atoms with E-state index in [0.29, 0.717) is 0 Å². The van der Waals surface area contributed by atoms with Crippen molar-refractivity contribution in [2.24, 2.45) is 0 Å². The van der Waals surface area contributed by atoms with Gasteiger partial charge < -0.3 is 9.64 Å². The molecule has 26 heavy (non-hydrogen) atoms. The molecule has 0 aromatic heterocycles. The molecule has 3 rings (SSSR count). The van der Waals surface area contributed by atoms with Crippen molar-refractivity contribution in [1.82, 2.24) is 4.90 Å². The van der Waals surface area contributed by atoms with Crippen LogP contribution in [0.2, 0.25) is 0 Å². The summed E-state index contributed by atoms with van der Waals surface area (Å²) < 4.78 is 5.48. The SMILES string of the molecule is C[C@@H]1CCC[C@H](C)N1C(=O)[C@@H](C)OC(=O)Cc1cccc2ccccc12. The van der Waals surface area contributed by atoms with Crippen molar-refractivity contribution in [2.75, 3.05) is 0 Å². The molecule has 1 amide bonds. The van der Waals surface area contributed by atoms with Gasteiger partial charge in [0, 0.05) is 12.1 Å². The summed E-state index contributed by atoms with van der Waals surface area (Å²) in [6, 6.07) is 14.3. The minimum Gasteiger partial charge on any atom is -0.452 e. The Morgan fingerprint density at radius 3 is 2.46 bits per heavy atom. The monoisotopic (exact) mass is 353 g/mol. The normalized spacial score (nSPS) is 21.4. The Morgan fingerprint density at radius 2 is 1.73 bits per heavy atom. The zero-order chi connectivity index (χ0) is 18.7. The summed E-state index contributed by atoms with van der Waals surface area (Å²) in [5, 5.41) is 2.14. The zero-order valence-electron chi connectivity index (χ0n) is 15.8. The van der Waals surface area contributed by atoms with Gasteiger partial charge in [-0.1, -0.05) is 42.5 Å². The fraction of sp³-hybridized carbons (Fsp3) is 0.455. The third-order valence-electron chi connectivity index (χ3n) is 5.32. The largest absolute Gasteiger partial charge is 0.452 e. The summed E-state index contributed by atoms with van der Waals surface area (Å²) in [4.78, 5) is 27.1. The van der Waals surface area contributed by atoms with Gasteiger partial charge in [0.1, 0.15) is 0 Å². The molecule has 1 aliphatic rings. The zero-order valence-corrected chi connectivity index (χ0v) is 15.8. The Kier molecular flexibility index (Phi) is 5.60. The Labute approximate surface area is 155 Å². The van der Waals surface area contributed by atoms with Crippen LogP contribution in [0.1, 0.15) is 45.6 Å². The highest BCUT2D eigenvalue weighted by Crippen LogP contribution is 2.24. The van der Waals surface area contributed by atoms with Crippen LogP contribution in [0.4, 0.5) is 0 Å². The van der Waals surface area contributed by atoms with E-state index < -0.39 is 6.10 Å². The third kappa shape index (κ3) is 3.90. The molecule has 4 heteroatoms. The van der Waals surface area contributed by atoms with Crippen LogP contribution >= 0.6 is 0 Å². The second-order valence-electron chi connectivity index (χ2n) is 7.32. The number of hydrogen-bond acceptors (Lipinski definition) is 3. The molecule has 1 fully saturated rings. The van der Waals surface area contributed by atoms with Gasteiger partial charge >= 0.3 is 5.97 Å². The third-order valence-corrected chi connectivity index (χ3v) is 5.32. The molecule has 0 unspecified atom stereocenters. The Morgan fingerprint density at radius 1 is 1.08 bits per heavy atom. The maximum atomic E-state index is 12.8. The second-order valence-corrected chi connectivity index (χ2v) is 7.32. The van der Waals surface area contributed by atoms with Gasteiger partial charge in [-0.2, -0.15) is 0 Å². The van der Waals surface area contributed by atoms with E-state index in [2.05, 4.69) is 13.8 Å². The van der Waals surface area contributed by atoms with Crippen molar-refractivity contribution < 1.29 is 14.3 Å². The Balaban J connectivity index is 1.66. The van der Waals surface area contributed by atoms with Crippen molar-refractivity contribution in [3.8, 4) is 0 Å². The molecule has 0 saturated carbocycles. The number of ether oxygens (including phenoxy) is 1. The van der Waals surface area contributed by atoms with Crippen molar-refractivity contribution >= 4 is 22.6 Å². The average Bonchev–Trinajstić information content (AvgIpc) is 2.61. The molecular formula is C22H27NO3. The number of piperidine rings is 1. The standard InChI is InChI=1S/C22H27NO3/c1-15-8-6-9-16(2)23(15)22(25)17(3)26-21(24)14-19-12-7-11-18-10-4-5-13-20(18)19/h4-5,7,10-13,15-17H,6,8-9,14H2,1-3H3/t15-,16+,17-/m1/s1. The first-order valence-corrected chi connectivity index (χ1v) is 9.45. The lowest BCUT2D eigenvalue weighted by molar-refractivity contribution is -0.161. The van der Waals surface area contributed by atoms with Crippen molar-refractivity contribution in [1.29, 1.82) is 0 Å². The highest BCUT2D eigenvalue weighted by atomic mass is 16.5. The predicted molar refractivity (Wildman–Crippen MR) is 103 cm³/mol. The van der Waals surface area contributed by atoms with Crippen LogP contribution in [-0.2, 0) is 20.7 Å². The number of carbonyl (C=O) groups excluding carboxylic acids is 2.